The minimum Gasteiger partial charge on any atom is -0.374 e. The monoisotopic (exact) mass is 285 g/mol. The smallest absolute Gasteiger partial charge is 0.0470 e. The van der Waals surface area contributed by atoms with Crippen molar-refractivity contribution in [2.24, 2.45) is 17.6 Å². The minimum absolute atomic E-state index is 0.423. The standard InChI is InChI=1S/C18H27N3/c1-20-8-7-14-9-13(5-6-17(14)20)18(10-19)21-11-15-3-2-4-16(15)12-21/h5-6,9,15-16,18H,2-4,7-8,10-12,19H2,1H3. The second kappa shape index (κ2) is 5.29. The molecule has 2 heterocycles. The molecule has 114 valence electrons. The van der Waals surface area contributed by atoms with Gasteiger partial charge < -0.3 is 10.6 Å². The van der Waals surface area contributed by atoms with Gasteiger partial charge in [0.2, 0.25) is 0 Å². The fourth-order valence-corrected chi connectivity index (χ4v) is 4.82. The van der Waals surface area contributed by atoms with E-state index in [4.69, 9.17) is 5.73 Å². The zero-order valence-corrected chi connectivity index (χ0v) is 13.1. The van der Waals surface area contributed by atoms with Crippen LogP contribution >= 0.6 is 0 Å². The van der Waals surface area contributed by atoms with Gasteiger partial charge >= 0.3 is 0 Å². The molecule has 1 aromatic carbocycles. The van der Waals surface area contributed by atoms with Crippen molar-refractivity contribution < 1.29 is 0 Å². The van der Waals surface area contributed by atoms with E-state index in [1.807, 2.05) is 0 Å². The van der Waals surface area contributed by atoms with E-state index in [0.717, 1.165) is 24.9 Å². The minimum atomic E-state index is 0.423. The van der Waals surface area contributed by atoms with Crippen molar-refractivity contribution in [1.29, 1.82) is 0 Å². The van der Waals surface area contributed by atoms with E-state index in [1.54, 1.807) is 0 Å². The van der Waals surface area contributed by atoms with Crippen LogP contribution in [0.3, 0.4) is 0 Å². The van der Waals surface area contributed by atoms with Crippen LogP contribution in [0.2, 0.25) is 0 Å². The Morgan fingerprint density at radius 2 is 2.00 bits per heavy atom. The number of hydrogen-bond acceptors (Lipinski definition) is 3. The molecule has 3 aliphatic rings. The van der Waals surface area contributed by atoms with Crippen molar-refractivity contribution in [3.63, 3.8) is 0 Å². The van der Waals surface area contributed by atoms with Crippen LogP contribution in [0.25, 0.3) is 0 Å². The largest absolute Gasteiger partial charge is 0.374 e. The van der Waals surface area contributed by atoms with E-state index in [0.29, 0.717) is 6.04 Å². The summed E-state index contributed by atoms with van der Waals surface area (Å²) in [5, 5.41) is 0. The first-order valence-electron chi connectivity index (χ1n) is 8.54. The Balaban J connectivity index is 1.56. The Labute approximate surface area is 128 Å². The van der Waals surface area contributed by atoms with Crippen LogP contribution in [0.5, 0.6) is 0 Å². The van der Waals surface area contributed by atoms with Crippen LogP contribution in [-0.2, 0) is 6.42 Å². The molecule has 1 saturated carbocycles. The highest BCUT2D eigenvalue weighted by Gasteiger charge is 2.38. The van der Waals surface area contributed by atoms with Crippen LogP contribution in [0.15, 0.2) is 18.2 Å². The van der Waals surface area contributed by atoms with Gasteiger partial charge in [-0.3, -0.25) is 4.90 Å². The van der Waals surface area contributed by atoms with Crippen LogP contribution in [-0.4, -0.2) is 38.1 Å². The van der Waals surface area contributed by atoms with Crippen molar-refractivity contribution in [3.8, 4) is 0 Å². The van der Waals surface area contributed by atoms with E-state index in [1.165, 1.54) is 55.6 Å². The van der Waals surface area contributed by atoms with Gasteiger partial charge in [-0.1, -0.05) is 18.6 Å². The van der Waals surface area contributed by atoms with Gasteiger partial charge in [-0.2, -0.15) is 0 Å². The summed E-state index contributed by atoms with van der Waals surface area (Å²) in [4.78, 5) is 5.02. The van der Waals surface area contributed by atoms with Gasteiger partial charge in [-0.05, 0) is 48.3 Å². The Morgan fingerprint density at radius 1 is 1.24 bits per heavy atom. The number of anilines is 1. The summed E-state index contributed by atoms with van der Waals surface area (Å²) in [6, 6.07) is 7.46. The van der Waals surface area contributed by atoms with Crippen molar-refractivity contribution in [1.82, 2.24) is 4.90 Å². The van der Waals surface area contributed by atoms with Crippen molar-refractivity contribution >= 4 is 5.69 Å². The van der Waals surface area contributed by atoms with Crippen molar-refractivity contribution in [3.05, 3.63) is 29.3 Å². The number of rotatable bonds is 3. The maximum atomic E-state index is 6.16. The first-order chi connectivity index (χ1) is 10.3. The molecule has 0 spiro atoms. The Morgan fingerprint density at radius 3 is 2.71 bits per heavy atom. The van der Waals surface area contributed by atoms with Gasteiger partial charge in [-0.25, -0.2) is 0 Å². The maximum absolute atomic E-state index is 6.16. The number of likely N-dealkylation sites (N-methyl/N-ethyl adjacent to an activating group) is 1. The second-order valence-electron chi connectivity index (χ2n) is 7.22. The average molecular weight is 285 g/mol. The summed E-state index contributed by atoms with van der Waals surface area (Å²) < 4.78 is 0. The Kier molecular flexibility index (Phi) is 3.43. The number of fused-ring (bicyclic) bond motifs is 2. The fourth-order valence-electron chi connectivity index (χ4n) is 4.82. The molecule has 2 fully saturated rings. The third-order valence-corrected chi connectivity index (χ3v) is 6.03. The molecule has 0 aromatic heterocycles. The highest BCUT2D eigenvalue weighted by molar-refractivity contribution is 5.58. The van der Waals surface area contributed by atoms with Crippen LogP contribution in [0.4, 0.5) is 5.69 Å². The fraction of sp³-hybridized carbons (Fsp3) is 0.667. The molecular weight excluding hydrogens is 258 g/mol. The molecule has 3 atom stereocenters. The highest BCUT2D eigenvalue weighted by Crippen LogP contribution is 2.41. The SMILES string of the molecule is CN1CCc2cc(C(CN)N3CC4CCCC4C3)ccc21. The predicted octanol–water partition coefficient (Wildman–Crippen LogP) is 2.41. The lowest BCUT2D eigenvalue weighted by Crippen LogP contribution is -2.32. The summed E-state index contributed by atoms with van der Waals surface area (Å²) in [5.41, 5.74) is 10.5. The summed E-state index contributed by atoms with van der Waals surface area (Å²) in [7, 11) is 2.19. The molecule has 21 heavy (non-hydrogen) atoms. The Hall–Kier alpha value is -1.06. The van der Waals surface area contributed by atoms with E-state index in [-0.39, 0.29) is 0 Å². The zero-order valence-electron chi connectivity index (χ0n) is 13.1. The van der Waals surface area contributed by atoms with Crippen LogP contribution < -0.4 is 10.6 Å². The molecule has 1 aromatic rings. The molecule has 4 rings (SSSR count). The zero-order chi connectivity index (χ0) is 14.4. The summed E-state index contributed by atoms with van der Waals surface area (Å²) in [6.45, 7) is 4.43. The van der Waals surface area contributed by atoms with Gasteiger partial charge in [0.15, 0.2) is 0 Å². The number of benzene rings is 1. The molecular formula is C18H27N3. The van der Waals surface area contributed by atoms with E-state index >= 15 is 0 Å². The summed E-state index contributed by atoms with van der Waals surface area (Å²) in [6.07, 6.45) is 5.50. The molecule has 1 aliphatic carbocycles. The molecule has 3 unspecified atom stereocenters. The molecule has 0 radical (unpaired) electrons. The lowest BCUT2D eigenvalue weighted by Gasteiger charge is -2.28. The lowest BCUT2D eigenvalue weighted by atomic mass is 10.0. The lowest BCUT2D eigenvalue weighted by molar-refractivity contribution is 0.232. The molecule has 3 nitrogen and oxygen atoms in total. The quantitative estimate of drug-likeness (QED) is 0.925. The van der Waals surface area contributed by atoms with Gasteiger partial charge in [0.25, 0.3) is 0 Å². The van der Waals surface area contributed by atoms with Gasteiger partial charge in [0.1, 0.15) is 0 Å². The second-order valence-corrected chi connectivity index (χ2v) is 7.22. The maximum Gasteiger partial charge on any atom is 0.0470 e. The summed E-state index contributed by atoms with van der Waals surface area (Å²) >= 11 is 0. The molecule has 2 N–H and O–H groups in total. The number of hydrogen-bond donors (Lipinski definition) is 1. The predicted molar refractivity (Wildman–Crippen MR) is 87.6 cm³/mol. The number of likely N-dealkylation sites (tertiary alicyclic amines) is 1. The summed E-state index contributed by atoms with van der Waals surface area (Å²) in [5.74, 6) is 1.89. The molecule has 0 bridgehead atoms. The number of nitrogens with two attached hydrogens (primary N) is 1. The number of nitrogens with zero attached hydrogens (tertiary/aromatic N) is 2. The van der Waals surface area contributed by atoms with Gasteiger partial charge in [-0.15, -0.1) is 0 Å². The molecule has 3 heteroatoms. The normalized spacial score (nSPS) is 29.7. The average Bonchev–Trinajstić information content (AvgIpc) is 3.15. The molecule has 2 aliphatic heterocycles. The topological polar surface area (TPSA) is 32.5 Å². The van der Waals surface area contributed by atoms with Crippen LogP contribution in [0.1, 0.15) is 36.4 Å². The third kappa shape index (κ3) is 2.27. The molecule has 1 saturated heterocycles. The van der Waals surface area contributed by atoms with Crippen molar-refractivity contribution in [2.75, 3.05) is 38.1 Å². The third-order valence-electron chi connectivity index (χ3n) is 6.03. The van der Waals surface area contributed by atoms with E-state index in [2.05, 4.69) is 35.0 Å². The van der Waals surface area contributed by atoms with Gasteiger partial charge in [0.05, 0.1) is 0 Å². The van der Waals surface area contributed by atoms with Gasteiger partial charge in [0, 0.05) is 45.0 Å². The highest BCUT2D eigenvalue weighted by atomic mass is 15.2. The van der Waals surface area contributed by atoms with E-state index in [9.17, 15) is 0 Å². The van der Waals surface area contributed by atoms with E-state index < -0.39 is 0 Å². The van der Waals surface area contributed by atoms with Crippen molar-refractivity contribution in [2.45, 2.75) is 31.7 Å². The molecule has 0 amide bonds. The van der Waals surface area contributed by atoms with Crippen LogP contribution in [0, 0.1) is 11.8 Å². The first-order valence-corrected chi connectivity index (χ1v) is 8.54. The Bertz CT molecular complexity index is 515. The first kappa shape index (κ1) is 13.6.